The number of nitrogens with one attached hydrogen (secondary N) is 2. The first-order valence-corrected chi connectivity index (χ1v) is 7.18. The summed E-state index contributed by atoms with van der Waals surface area (Å²) in [5, 5.41) is 4.99. The number of aromatic nitrogens is 1. The lowest BCUT2D eigenvalue weighted by Crippen LogP contribution is -2.22. The fourth-order valence-corrected chi connectivity index (χ4v) is 2.46. The highest BCUT2D eigenvalue weighted by Gasteiger charge is 2.12. The number of hydrogen-bond donors (Lipinski definition) is 2. The normalized spacial score (nSPS) is 10.8. The molecule has 2 aromatic carbocycles. The van der Waals surface area contributed by atoms with Crippen molar-refractivity contribution in [3.8, 4) is 0 Å². The molecule has 3 rings (SSSR count). The molecular weight excluding hydrogens is 307 g/mol. The van der Waals surface area contributed by atoms with Crippen LogP contribution in [0, 0.1) is 0 Å². The van der Waals surface area contributed by atoms with Crippen LogP contribution in [0.3, 0.4) is 0 Å². The van der Waals surface area contributed by atoms with Gasteiger partial charge < -0.3 is 10.3 Å². The monoisotopic (exact) mass is 318 g/mol. The van der Waals surface area contributed by atoms with Crippen molar-refractivity contribution in [2.75, 3.05) is 0 Å². The molecule has 0 spiro atoms. The number of H-pyrrole nitrogens is 1. The topological polar surface area (TPSA) is 44.9 Å². The van der Waals surface area contributed by atoms with Gasteiger partial charge >= 0.3 is 0 Å². The maximum Gasteiger partial charge on any atom is 0.253 e. The Morgan fingerprint density at radius 2 is 1.76 bits per heavy atom. The van der Waals surface area contributed by atoms with Gasteiger partial charge in [-0.2, -0.15) is 0 Å². The Morgan fingerprint density at radius 3 is 2.52 bits per heavy atom. The predicted octanol–water partition coefficient (Wildman–Crippen LogP) is 4.40. The standard InChI is InChI=1S/C16H12Cl2N2O/c17-11-3-1-10(2-4-11)8-20-16(21)14-9-19-15-6-5-12(18)7-13(14)15/h1-7,9,19H,8H2,(H,20,21). The Bertz CT molecular complexity index is 794. The summed E-state index contributed by atoms with van der Waals surface area (Å²) in [5.41, 5.74) is 2.46. The van der Waals surface area contributed by atoms with Crippen LogP contribution in [0.5, 0.6) is 0 Å². The molecule has 0 aliphatic carbocycles. The van der Waals surface area contributed by atoms with E-state index in [0.717, 1.165) is 16.5 Å². The lowest BCUT2D eigenvalue weighted by molar-refractivity contribution is 0.0952. The average Bonchev–Trinajstić information content (AvgIpc) is 2.89. The second kappa shape index (κ2) is 5.80. The van der Waals surface area contributed by atoms with Crippen molar-refractivity contribution < 1.29 is 4.79 Å². The van der Waals surface area contributed by atoms with Gasteiger partial charge in [-0.1, -0.05) is 35.3 Å². The smallest absolute Gasteiger partial charge is 0.253 e. The van der Waals surface area contributed by atoms with Gasteiger partial charge in [0.25, 0.3) is 5.91 Å². The van der Waals surface area contributed by atoms with Crippen LogP contribution >= 0.6 is 23.2 Å². The van der Waals surface area contributed by atoms with Gasteiger partial charge in [-0.25, -0.2) is 0 Å². The summed E-state index contributed by atoms with van der Waals surface area (Å²) in [6.45, 7) is 0.448. The molecule has 2 N–H and O–H groups in total. The van der Waals surface area contributed by atoms with Gasteiger partial charge in [-0.3, -0.25) is 4.79 Å². The summed E-state index contributed by atoms with van der Waals surface area (Å²) >= 11 is 11.8. The molecule has 1 aromatic heterocycles. The van der Waals surface area contributed by atoms with E-state index in [1.165, 1.54) is 0 Å². The molecule has 3 nitrogen and oxygen atoms in total. The largest absolute Gasteiger partial charge is 0.360 e. The lowest BCUT2D eigenvalue weighted by atomic mass is 10.1. The summed E-state index contributed by atoms with van der Waals surface area (Å²) < 4.78 is 0. The fraction of sp³-hybridized carbons (Fsp3) is 0.0625. The number of benzene rings is 2. The van der Waals surface area contributed by atoms with E-state index in [-0.39, 0.29) is 5.91 Å². The van der Waals surface area contributed by atoms with Gasteiger partial charge in [0.1, 0.15) is 0 Å². The Labute approximate surface area is 131 Å². The van der Waals surface area contributed by atoms with E-state index in [0.29, 0.717) is 22.2 Å². The second-order valence-electron chi connectivity index (χ2n) is 4.70. The maximum atomic E-state index is 12.3. The quantitative estimate of drug-likeness (QED) is 0.738. The number of amides is 1. The first kappa shape index (κ1) is 14.0. The highest BCUT2D eigenvalue weighted by atomic mass is 35.5. The molecule has 3 aromatic rings. The Morgan fingerprint density at radius 1 is 1.05 bits per heavy atom. The first-order chi connectivity index (χ1) is 10.1. The molecule has 1 heterocycles. The summed E-state index contributed by atoms with van der Waals surface area (Å²) in [6.07, 6.45) is 1.69. The third-order valence-corrected chi connectivity index (χ3v) is 3.74. The highest BCUT2D eigenvalue weighted by Crippen LogP contribution is 2.22. The van der Waals surface area contributed by atoms with Crippen LogP contribution in [0.25, 0.3) is 10.9 Å². The number of hydrogen-bond acceptors (Lipinski definition) is 1. The molecule has 0 fully saturated rings. The van der Waals surface area contributed by atoms with E-state index >= 15 is 0 Å². The Kier molecular flexibility index (Phi) is 3.86. The van der Waals surface area contributed by atoms with Crippen molar-refractivity contribution in [3.05, 3.63) is 69.8 Å². The highest BCUT2D eigenvalue weighted by molar-refractivity contribution is 6.31. The molecule has 0 bridgehead atoms. The number of carbonyl (C=O) groups excluding carboxylic acids is 1. The van der Waals surface area contributed by atoms with Crippen molar-refractivity contribution in [1.82, 2.24) is 10.3 Å². The van der Waals surface area contributed by atoms with E-state index in [1.807, 2.05) is 18.2 Å². The van der Waals surface area contributed by atoms with Gasteiger partial charge in [0.15, 0.2) is 0 Å². The molecule has 0 unspecified atom stereocenters. The average molecular weight is 319 g/mol. The van der Waals surface area contributed by atoms with Crippen LogP contribution in [0.2, 0.25) is 10.0 Å². The number of halogens is 2. The van der Waals surface area contributed by atoms with E-state index in [2.05, 4.69) is 10.3 Å². The molecule has 0 atom stereocenters. The molecule has 106 valence electrons. The predicted molar refractivity (Wildman–Crippen MR) is 85.9 cm³/mol. The SMILES string of the molecule is O=C(NCc1ccc(Cl)cc1)c1c[nH]c2ccc(Cl)cc12. The minimum absolute atomic E-state index is 0.140. The molecule has 1 amide bonds. The second-order valence-corrected chi connectivity index (χ2v) is 5.57. The van der Waals surface area contributed by atoms with Crippen molar-refractivity contribution in [3.63, 3.8) is 0 Å². The summed E-state index contributed by atoms with van der Waals surface area (Å²) in [6, 6.07) is 12.8. The minimum Gasteiger partial charge on any atom is -0.360 e. The summed E-state index contributed by atoms with van der Waals surface area (Å²) in [5.74, 6) is -0.140. The molecule has 0 aliphatic rings. The zero-order valence-corrected chi connectivity index (χ0v) is 12.5. The zero-order chi connectivity index (χ0) is 14.8. The van der Waals surface area contributed by atoms with Crippen LogP contribution < -0.4 is 5.32 Å². The van der Waals surface area contributed by atoms with Crippen LogP contribution in [0.1, 0.15) is 15.9 Å². The van der Waals surface area contributed by atoms with Gasteiger partial charge in [-0.05, 0) is 35.9 Å². The van der Waals surface area contributed by atoms with Crippen molar-refractivity contribution in [2.24, 2.45) is 0 Å². The number of fused-ring (bicyclic) bond motifs is 1. The van der Waals surface area contributed by atoms with Gasteiger partial charge in [0.05, 0.1) is 5.56 Å². The lowest BCUT2D eigenvalue weighted by Gasteiger charge is -2.05. The molecule has 0 saturated carbocycles. The minimum atomic E-state index is -0.140. The van der Waals surface area contributed by atoms with Crippen LogP contribution in [0.4, 0.5) is 0 Å². The fourth-order valence-electron chi connectivity index (χ4n) is 2.16. The van der Waals surface area contributed by atoms with Crippen molar-refractivity contribution >= 4 is 40.0 Å². The van der Waals surface area contributed by atoms with E-state index in [1.54, 1.807) is 30.5 Å². The van der Waals surface area contributed by atoms with E-state index in [4.69, 9.17) is 23.2 Å². The molecule has 21 heavy (non-hydrogen) atoms. The van der Waals surface area contributed by atoms with Crippen LogP contribution in [0.15, 0.2) is 48.7 Å². The first-order valence-electron chi connectivity index (χ1n) is 6.43. The number of rotatable bonds is 3. The third-order valence-electron chi connectivity index (χ3n) is 3.25. The van der Waals surface area contributed by atoms with Gasteiger partial charge in [0, 0.05) is 33.7 Å². The zero-order valence-electron chi connectivity index (χ0n) is 11.0. The summed E-state index contributed by atoms with van der Waals surface area (Å²) in [4.78, 5) is 15.3. The summed E-state index contributed by atoms with van der Waals surface area (Å²) in [7, 11) is 0. The van der Waals surface area contributed by atoms with E-state index in [9.17, 15) is 4.79 Å². The molecule has 0 saturated heterocycles. The van der Waals surface area contributed by atoms with Crippen LogP contribution in [-0.4, -0.2) is 10.9 Å². The van der Waals surface area contributed by atoms with Gasteiger partial charge in [0.2, 0.25) is 0 Å². The Balaban J connectivity index is 1.78. The van der Waals surface area contributed by atoms with Crippen molar-refractivity contribution in [1.29, 1.82) is 0 Å². The van der Waals surface area contributed by atoms with Crippen molar-refractivity contribution in [2.45, 2.75) is 6.54 Å². The third kappa shape index (κ3) is 3.04. The number of aromatic amines is 1. The molecule has 5 heteroatoms. The molecule has 0 radical (unpaired) electrons. The molecular formula is C16H12Cl2N2O. The van der Waals surface area contributed by atoms with Gasteiger partial charge in [-0.15, -0.1) is 0 Å². The van der Waals surface area contributed by atoms with E-state index < -0.39 is 0 Å². The maximum absolute atomic E-state index is 12.3. The van der Waals surface area contributed by atoms with Crippen LogP contribution in [-0.2, 0) is 6.54 Å². The molecule has 0 aliphatic heterocycles. The number of carbonyl (C=O) groups is 1. The Hall–Kier alpha value is -1.97.